The number of nitrogens with zero attached hydrogens (tertiary/aromatic N) is 3. The standard InChI is InChI=1S/C12H20N4/c1-3-13-11-5-4-6-16(8-11)12-7-10(2)14-9-15-12/h7,9,11,13H,3-6,8H2,1-2H3. The van der Waals surface area contributed by atoms with Crippen molar-refractivity contribution in [3.8, 4) is 0 Å². The Morgan fingerprint density at radius 1 is 1.50 bits per heavy atom. The lowest BCUT2D eigenvalue weighted by molar-refractivity contribution is 0.429. The van der Waals surface area contributed by atoms with E-state index >= 15 is 0 Å². The predicted molar refractivity (Wildman–Crippen MR) is 65.7 cm³/mol. The maximum atomic E-state index is 4.34. The van der Waals surface area contributed by atoms with Crippen LogP contribution in [0.1, 0.15) is 25.5 Å². The van der Waals surface area contributed by atoms with Crippen molar-refractivity contribution in [2.75, 3.05) is 24.5 Å². The largest absolute Gasteiger partial charge is 0.355 e. The summed E-state index contributed by atoms with van der Waals surface area (Å²) in [6, 6.07) is 2.67. The topological polar surface area (TPSA) is 41.0 Å². The lowest BCUT2D eigenvalue weighted by Crippen LogP contribution is -2.46. The molecule has 4 heteroatoms. The Labute approximate surface area is 97.1 Å². The predicted octanol–water partition coefficient (Wildman–Crippen LogP) is 1.36. The highest BCUT2D eigenvalue weighted by molar-refractivity contribution is 5.39. The van der Waals surface area contributed by atoms with Gasteiger partial charge in [-0.15, -0.1) is 0 Å². The third-order valence-electron chi connectivity index (χ3n) is 3.03. The summed E-state index contributed by atoms with van der Waals surface area (Å²) in [4.78, 5) is 10.8. The number of rotatable bonds is 3. The maximum Gasteiger partial charge on any atom is 0.132 e. The van der Waals surface area contributed by atoms with Crippen LogP contribution in [0.4, 0.5) is 5.82 Å². The van der Waals surface area contributed by atoms with Crippen molar-refractivity contribution in [3.05, 3.63) is 18.1 Å². The molecule has 2 rings (SSSR count). The molecule has 2 heterocycles. The summed E-state index contributed by atoms with van der Waals surface area (Å²) in [6.07, 6.45) is 4.16. The molecule has 1 aliphatic rings. The summed E-state index contributed by atoms with van der Waals surface area (Å²) in [5.74, 6) is 1.06. The molecular formula is C12H20N4. The fourth-order valence-corrected chi connectivity index (χ4v) is 2.25. The molecule has 1 aliphatic heterocycles. The first-order valence-electron chi connectivity index (χ1n) is 6.06. The van der Waals surface area contributed by atoms with Gasteiger partial charge in [0.05, 0.1) is 0 Å². The zero-order chi connectivity index (χ0) is 11.4. The first-order valence-corrected chi connectivity index (χ1v) is 6.06. The molecule has 0 bridgehead atoms. The van der Waals surface area contributed by atoms with E-state index in [-0.39, 0.29) is 0 Å². The zero-order valence-corrected chi connectivity index (χ0v) is 10.1. The third kappa shape index (κ3) is 2.70. The Balaban J connectivity index is 2.03. The molecule has 1 unspecified atom stereocenters. The molecule has 88 valence electrons. The van der Waals surface area contributed by atoms with Crippen LogP contribution in [0.15, 0.2) is 12.4 Å². The number of hydrogen-bond donors (Lipinski definition) is 1. The number of nitrogens with one attached hydrogen (secondary N) is 1. The summed E-state index contributed by atoms with van der Waals surface area (Å²) in [6.45, 7) is 7.38. The lowest BCUT2D eigenvalue weighted by Gasteiger charge is -2.33. The molecular weight excluding hydrogens is 200 g/mol. The van der Waals surface area contributed by atoms with Gasteiger partial charge < -0.3 is 10.2 Å². The van der Waals surface area contributed by atoms with Gasteiger partial charge in [0.1, 0.15) is 12.1 Å². The van der Waals surface area contributed by atoms with Gasteiger partial charge in [-0.05, 0) is 26.3 Å². The normalized spacial score (nSPS) is 21.1. The molecule has 1 aromatic heterocycles. The Morgan fingerprint density at radius 3 is 3.12 bits per heavy atom. The van der Waals surface area contributed by atoms with Gasteiger partial charge in [0.15, 0.2) is 0 Å². The molecule has 0 aromatic carbocycles. The number of aryl methyl sites for hydroxylation is 1. The molecule has 1 aromatic rings. The summed E-state index contributed by atoms with van der Waals surface area (Å²) in [7, 11) is 0. The minimum absolute atomic E-state index is 0.606. The quantitative estimate of drug-likeness (QED) is 0.835. The van der Waals surface area contributed by atoms with Crippen LogP contribution in [0.2, 0.25) is 0 Å². The Kier molecular flexibility index (Phi) is 3.72. The minimum Gasteiger partial charge on any atom is -0.355 e. The molecule has 1 saturated heterocycles. The second kappa shape index (κ2) is 5.25. The Bertz CT molecular complexity index is 338. The number of aromatic nitrogens is 2. The van der Waals surface area contributed by atoms with Crippen molar-refractivity contribution in [3.63, 3.8) is 0 Å². The number of likely N-dealkylation sites (N-methyl/N-ethyl adjacent to an activating group) is 1. The van der Waals surface area contributed by atoms with Crippen LogP contribution in [0.5, 0.6) is 0 Å². The van der Waals surface area contributed by atoms with Gasteiger partial charge in [-0.2, -0.15) is 0 Å². The fourth-order valence-electron chi connectivity index (χ4n) is 2.25. The second-order valence-corrected chi connectivity index (χ2v) is 4.36. The molecule has 0 aliphatic carbocycles. The van der Waals surface area contributed by atoms with E-state index in [0.717, 1.165) is 31.1 Å². The van der Waals surface area contributed by atoms with Crippen molar-refractivity contribution in [1.82, 2.24) is 15.3 Å². The second-order valence-electron chi connectivity index (χ2n) is 4.36. The van der Waals surface area contributed by atoms with E-state index in [1.807, 2.05) is 6.92 Å². The summed E-state index contributed by atoms with van der Waals surface area (Å²) in [5.41, 5.74) is 1.04. The molecule has 16 heavy (non-hydrogen) atoms. The van der Waals surface area contributed by atoms with Crippen LogP contribution < -0.4 is 10.2 Å². The minimum atomic E-state index is 0.606. The van der Waals surface area contributed by atoms with Gasteiger partial charge >= 0.3 is 0 Å². The van der Waals surface area contributed by atoms with E-state index in [9.17, 15) is 0 Å². The molecule has 1 N–H and O–H groups in total. The highest BCUT2D eigenvalue weighted by Gasteiger charge is 2.19. The van der Waals surface area contributed by atoms with Crippen molar-refractivity contribution in [1.29, 1.82) is 0 Å². The highest BCUT2D eigenvalue weighted by atomic mass is 15.2. The average molecular weight is 220 g/mol. The Morgan fingerprint density at radius 2 is 2.38 bits per heavy atom. The Hall–Kier alpha value is -1.16. The van der Waals surface area contributed by atoms with E-state index in [0.29, 0.717) is 6.04 Å². The number of hydrogen-bond acceptors (Lipinski definition) is 4. The van der Waals surface area contributed by atoms with Crippen molar-refractivity contribution in [2.24, 2.45) is 0 Å². The van der Waals surface area contributed by atoms with Crippen LogP contribution in [-0.2, 0) is 0 Å². The molecule has 0 spiro atoms. The monoisotopic (exact) mass is 220 g/mol. The van der Waals surface area contributed by atoms with Gasteiger partial charge in [0, 0.05) is 30.9 Å². The van der Waals surface area contributed by atoms with Gasteiger partial charge in [-0.25, -0.2) is 9.97 Å². The SMILES string of the molecule is CCNC1CCCN(c2cc(C)ncn2)C1. The first kappa shape index (κ1) is 11.3. The lowest BCUT2D eigenvalue weighted by atomic mass is 10.1. The molecule has 1 fully saturated rings. The summed E-state index contributed by atoms with van der Waals surface area (Å²) < 4.78 is 0. The zero-order valence-electron chi connectivity index (χ0n) is 10.1. The molecule has 4 nitrogen and oxygen atoms in total. The van der Waals surface area contributed by atoms with E-state index in [1.54, 1.807) is 6.33 Å². The molecule has 0 radical (unpaired) electrons. The first-order chi connectivity index (χ1) is 7.79. The van der Waals surface area contributed by atoms with Crippen molar-refractivity contribution >= 4 is 5.82 Å². The smallest absolute Gasteiger partial charge is 0.132 e. The maximum absolute atomic E-state index is 4.34. The van der Waals surface area contributed by atoms with Crippen LogP contribution in [-0.4, -0.2) is 35.6 Å². The van der Waals surface area contributed by atoms with Gasteiger partial charge in [-0.1, -0.05) is 6.92 Å². The average Bonchev–Trinajstić information content (AvgIpc) is 2.30. The summed E-state index contributed by atoms with van der Waals surface area (Å²) >= 11 is 0. The number of piperidine rings is 1. The van der Waals surface area contributed by atoms with Crippen LogP contribution in [0.3, 0.4) is 0 Å². The van der Waals surface area contributed by atoms with Gasteiger partial charge in [0.25, 0.3) is 0 Å². The van der Waals surface area contributed by atoms with Crippen LogP contribution in [0.25, 0.3) is 0 Å². The van der Waals surface area contributed by atoms with E-state index in [4.69, 9.17) is 0 Å². The number of anilines is 1. The van der Waals surface area contributed by atoms with Crippen LogP contribution >= 0.6 is 0 Å². The molecule has 0 amide bonds. The van der Waals surface area contributed by atoms with Crippen molar-refractivity contribution in [2.45, 2.75) is 32.7 Å². The fraction of sp³-hybridized carbons (Fsp3) is 0.667. The highest BCUT2D eigenvalue weighted by Crippen LogP contribution is 2.17. The molecule has 0 saturated carbocycles. The van der Waals surface area contributed by atoms with E-state index in [1.165, 1.54) is 12.8 Å². The molecule has 1 atom stereocenters. The van der Waals surface area contributed by atoms with Crippen molar-refractivity contribution < 1.29 is 0 Å². The van der Waals surface area contributed by atoms with E-state index < -0.39 is 0 Å². The van der Waals surface area contributed by atoms with Gasteiger partial charge in [0.2, 0.25) is 0 Å². The van der Waals surface area contributed by atoms with Crippen LogP contribution in [0, 0.1) is 6.92 Å². The van der Waals surface area contributed by atoms with Gasteiger partial charge in [-0.3, -0.25) is 0 Å². The third-order valence-corrected chi connectivity index (χ3v) is 3.03. The summed E-state index contributed by atoms with van der Waals surface area (Å²) in [5, 5.41) is 3.51. The van der Waals surface area contributed by atoms with E-state index in [2.05, 4.69) is 33.2 Å².